The first-order valence-corrected chi connectivity index (χ1v) is 12.9. The summed E-state index contributed by atoms with van der Waals surface area (Å²) in [6.07, 6.45) is 0.613. The molecule has 0 saturated heterocycles. The molecule has 170 valence electrons. The van der Waals surface area contributed by atoms with Gasteiger partial charge >= 0.3 is 0 Å². The third kappa shape index (κ3) is 7.57. The van der Waals surface area contributed by atoms with Crippen LogP contribution in [0.15, 0.2) is 41.3 Å². The smallest absolute Gasteiger partial charge is 0.242 e. The first kappa shape index (κ1) is 25.8. The predicted molar refractivity (Wildman–Crippen MR) is 128 cm³/mol. The highest BCUT2D eigenvalue weighted by atomic mass is 35.5. The van der Waals surface area contributed by atoms with Gasteiger partial charge in [0.2, 0.25) is 15.9 Å². The van der Waals surface area contributed by atoms with Gasteiger partial charge in [-0.25, -0.2) is 12.7 Å². The van der Waals surface area contributed by atoms with Gasteiger partial charge in [-0.15, -0.1) is 0 Å². The molecule has 0 spiro atoms. The van der Waals surface area contributed by atoms with Crippen LogP contribution in [0.4, 0.5) is 0 Å². The monoisotopic (exact) mass is 504 g/mol. The number of benzene rings is 2. The van der Waals surface area contributed by atoms with Crippen LogP contribution in [0.2, 0.25) is 10.0 Å². The van der Waals surface area contributed by atoms with Crippen molar-refractivity contribution < 1.29 is 17.9 Å². The Bertz CT molecular complexity index is 1010. The Labute approximate surface area is 198 Å². The van der Waals surface area contributed by atoms with Crippen LogP contribution in [0, 0.1) is 0 Å². The lowest BCUT2D eigenvalue weighted by molar-refractivity contribution is -0.120. The van der Waals surface area contributed by atoms with E-state index < -0.39 is 10.0 Å². The van der Waals surface area contributed by atoms with Crippen molar-refractivity contribution in [2.75, 3.05) is 33.5 Å². The van der Waals surface area contributed by atoms with E-state index in [1.165, 1.54) is 27.3 Å². The number of thioether (sulfide) groups is 1. The van der Waals surface area contributed by atoms with Crippen molar-refractivity contribution in [1.82, 2.24) is 9.62 Å². The van der Waals surface area contributed by atoms with Gasteiger partial charge in [0.15, 0.2) is 0 Å². The second-order valence-electron chi connectivity index (χ2n) is 6.91. The maximum absolute atomic E-state index is 12.4. The van der Waals surface area contributed by atoms with E-state index in [0.29, 0.717) is 34.3 Å². The Morgan fingerprint density at radius 1 is 1.13 bits per heavy atom. The topological polar surface area (TPSA) is 75.7 Å². The number of aryl methyl sites for hydroxylation is 1. The van der Waals surface area contributed by atoms with Gasteiger partial charge < -0.3 is 10.1 Å². The third-order valence-corrected chi connectivity index (χ3v) is 8.05. The molecule has 0 radical (unpaired) electrons. The number of nitrogens with one attached hydrogen (secondary N) is 1. The van der Waals surface area contributed by atoms with Gasteiger partial charge in [0, 0.05) is 38.6 Å². The molecule has 0 heterocycles. The van der Waals surface area contributed by atoms with Crippen LogP contribution >= 0.6 is 35.0 Å². The molecule has 0 fully saturated rings. The molecule has 0 unspecified atom stereocenters. The number of amides is 1. The van der Waals surface area contributed by atoms with E-state index in [-0.39, 0.29) is 17.2 Å². The molecule has 0 aliphatic carbocycles. The van der Waals surface area contributed by atoms with Crippen molar-refractivity contribution in [3.63, 3.8) is 0 Å². The minimum absolute atomic E-state index is 0.0990. The lowest BCUT2D eigenvalue weighted by atomic mass is 10.1. The minimum Gasteiger partial charge on any atom is -0.496 e. The molecule has 1 N–H and O–H groups in total. The lowest BCUT2D eigenvalue weighted by Gasteiger charge is -2.14. The summed E-state index contributed by atoms with van der Waals surface area (Å²) in [7, 11) is 0.922. The van der Waals surface area contributed by atoms with Gasteiger partial charge in [-0.2, -0.15) is 11.8 Å². The Kier molecular flexibility index (Phi) is 9.96. The Morgan fingerprint density at radius 2 is 1.87 bits per heavy atom. The number of hydrogen-bond acceptors (Lipinski definition) is 5. The largest absolute Gasteiger partial charge is 0.496 e. The van der Waals surface area contributed by atoms with Crippen molar-refractivity contribution in [3.05, 3.63) is 57.6 Å². The zero-order valence-corrected chi connectivity index (χ0v) is 20.8. The maximum atomic E-state index is 12.4. The van der Waals surface area contributed by atoms with E-state index in [2.05, 4.69) is 5.32 Å². The van der Waals surface area contributed by atoms with Gasteiger partial charge in [-0.05, 0) is 47.9 Å². The summed E-state index contributed by atoms with van der Waals surface area (Å²) in [6, 6.07) is 10.2. The van der Waals surface area contributed by atoms with Crippen molar-refractivity contribution in [2.24, 2.45) is 0 Å². The molecular weight excluding hydrogens is 479 g/mol. The van der Waals surface area contributed by atoms with Gasteiger partial charge in [-0.3, -0.25) is 4.79 Å². The van der Waals surface area contributed by atoms with Crippen LogP contribution in [0.1, 0.15) is 17.5 Å². The van der Waals surface area contributed by atoms with Crippen molar-refractivity contribution in [1.29, 1.82) is 0 Å². The molecule has 0 saturated carbocycles. The van der Waals surface area contributed by atoms with Gasteiger partial charge in [0.25, 0.3) is 0 Å². The van der Waals surface area contributed by atoms with Gasteiger partial charge in [0.1, 0.15) is 5.75 Å². The van der Waals surface area contributed by atoms with E-state index in [0.717, 1.165) is 21.4 Å². The fraction of sp³-hybridized carbons (Fsp3) is 0.381. The number of carbonyl (C=O) groups excluding carboxylic acids is 1. The third-order valence-electron chi connectivity index (χ3n) is 4.47. The normalized spacial score (nSPS) is 11.5. The first-order valence-electron chi connectivity index (χ1n) is 9.53. The number of methoxy groups -OCH3 is 1. The van der Waals surface area contributed by atoms with Crippen LogP contribution in [0.25, 0.3) is 0 Å². The van der Waals surface area contributed by atoms with Crippen LogP contribution in [-0.4, -0.2) is 52.1 Å². The second kappa shape index (κ2) is 12.0. The van der Waals surface area contributed by atoms with E-state index in [9.17, 15) is 13.2 Å². The second-order valence-corrected chi connectivity index (χ2v) is 11.0. The highest BCUT2D eigenvalue weighted by molar-refractivity contribution is 7.98. The minimum atomic E-state index is -3.55. The Hall–Kier alpha value is -1.45. The molecule has 2 rings (SSSR count). The summed E-state index contributed by atoms with van der Waals surface area (Å²) in [6.45, 7) is 0.539. The van der Waals surface area contributed by atoms with Crippen LogP contribution in [0.3, 0.4) is 0 Å². The standard InChI is InChI=1S/C21H26Cl2N2O4S2/c1-25(2)31(27,28)17-6-8-20(29-3)16(13-17)5-9-21(26)24-10-11-30-14-15-4-7-18(22)19(23)12-15/h4,6-8,12-13H,5,9-11,14H2,1-3H3,(H,24,26). The van der Waals surface area contributed by atoms with Gasteiger partial charge in [-0.1, -0.05) is 29.3 Å². The molecule has 2 aromatic rings. The van der Waals surface area contributed by atoms with E-state index >= 15 is 0 Å². The molecule has 31 heavy (non-hydrogen) atoms. The molecule has 6 nitrogen and oxygen atoms in total. The predicted octanol–water partition coefficient (Wildman–Crippen LogP) is 4.23. The SMILES string of the molecule is COc1ccc(S(=O)(=O)N(C)C)cc1CCC(=O)NCCSCc1ccc(Cl)c(Cl)c1. The maximum Gasteiger partial charge on any atom is 0.242 e. The number of nitrogens with zero attached hydrogens (tertiary/aromatic N) is 1. The molecule has 10 heteroatoms. The number of rotatable bonds is 11. The summed E-state index contributed by atoms with van der Waals surface area (Å²) < 4.78 is 31.2. The summed E-state index contributed by atoms with van der Waals surface area (Å²) in [5.74, 6) is 1.99. The Balaban J connectivity index is 1.82. The summed E-state index contributed by atoms with van der Waals surface area (Å²) >= 11 is 13.6. The molecule has 0 atom stereocenters. The molecule has 1 amide bonds. The zero-order chi connectivity index (χ0) is 23.0. The number of hydrogen-bond donors (Lipinski definition) is 1. The Morgan fingerprint density at radius 3 is 2.52 bits per heavy atom. The van der Waals surface area contributed by atoms with E-state index in [1.807, 2.05) is 12.1 Å². The molecule has 0 aromatic heterocycles. The average molecular weight is 505 g/mol. The highest BCUT2D eigenvalue weighted by Gasteiger charge is 2.19. The molecular formula is C21H26Cl2N2O4S2. The number of halogens is 2. The number of carbonyl (C=O) groups is 1. The van der Waals surface area contributed by atoms with Crippen LogP contribution in [0.5, 0.6) is 5.75 Å². The van der Waals surface area contributed by atoms with Crippen LogP contribution < -0.4 is 10.1 Å². The molecule has 0 bridgehead atoms. The first-order chi connectivity index (χ1) is 14.6. The number of ether oxygens (including phenoxy) is 1. The number of sulfonamides is 1. The molecule has 0 aliphatic rings. The zero-order valence-electron chi connectivity index (χ0n) is 17.7. The quantitative estimate of drug-likeness (QED) is 0.463. The van der Waals surface area contributed by atoms with Crippen molar-refractivity contribution >= 4 is 50.9 Å². The molecule has 0 aliphatic heterocycles. The van der Waals surface area contributed by atoms with Gasteiger partial charge in [0.05, 0.1) is 22.1 Å². The molecule has 2 aromatic carbocycles. The average Bonchev–Trinajstić information content (AvgIpc) is 2.74. The summed E-state index contributed by atoms with van der Waals surface area (Å²) in [5.41, 5.74) is 1.75. The summed E-state index contributed by atoms with van der Waals surface area (Å²) in [5, 5.41) is 3.95. The van der Waals surface area contributed by atoms with Crippen molar-refractivity contribution in [3.8, 4) is 5.75 Å². The highest BCUT2D eigenvalue weighted by Crippen LogP contribution is 2.26. The van der Waals surface area contributed by atoms with E-state index in [1.54, 1.807) is 30.0 Å². The lowest BCUT2D eigenvalue weighted by Crippen LogP contribution is -2.26. The van der Waals surface area contributed by atoms with E-state index in [4.69, 9.17) is 27.9 Å². The summed E-state index contributed by atoms with van der Waals surface area (Å²) in [4.78, 5) is 12.4. The fourth-order valence-electron chi connectivity index (χ4n) is 2.74. The fourth-order valence-corrected chi connectivity index (χ4v) is 4.82. The van der Waals surface area contributed by atoms with Crippen LogP contribution in [-0.2, 0) is 27.0 Å². The van der Waals surface area contributed by atoms with Crippen molar-refractivity contribution in [2.45, 2.75) is 23.5 Å².